The molecule has 24 heavy (non-hydrogen) atoms. The second kappa shape index (κ2) is 6.45. The van der Waals surface area contributed by atoms with Crippen LogP contribution in [-0.2, 0) is 4.79 Å². The third-order valence-electron chi connectivity index (χ3n) is 4.46. The number of nitrogens with one attached hydrogen (secondary N) is 2. The van der Waals surface area contributed by atoms with Crippen LogP contribution in [-0.4, -0.2) is 28.5 Å². The Morgan fingerprint density at radius 1 is 1.17 bits per heavy atom. The molecule has 1 fully saturated rings. The second-order valence-electron chi connectivity index (χ2n) is 6.21. The van der Waals surface area contributed by atoms with E-state index in [0.717, 1.165) is 36.2 Å². The number of nitrogens with zero attached hydrogens (tertiary/aromatic N) is 2. The smallest absolute Gasteiger partial charge is 0.227 e. The number of aromatic nitrogens is 2. The Kier molecular flexibility index (Phi) is 4.01. The summed E-state index contributed by atoms with van der Waals surface area (Å²) in [5, 5.41) is 6.31. The van der Waals surface area contributed by atoms with Crippen molar-refractivity contribution in [2.75, 3.05) is 18.4 Å². The molecule has 1 aliphatic rings. The number of hydrogen-bond donors (Lipinski definition) is 2. The molecule has 1 unspecified atom stereocenters. The highest BCUT2D eigenvalue weighted by atomic mass is 16.1. The van der Waals surface area contributed by atoms with Crippen LogP contribution < -0.4 is 10.6 Å². The molecule has 5 nitrogen and oxygen atoms in total. The fourth-order valence-corrected chi connectivity index (χ4v) is 3.27. The summed E-state index contributed by atoms with van der Waals surface area (Å²) in [5.41, 5.74) is 2.85. The SMILES string of the molecule is O=C(CC1CCNC1)Nc1nc2ccccc2n1-c1ccccc1. The van der Waals surface area contributed by atoms with Gasteiger partial charge >= 0.3 is 0 Å². The molecular formula is C19H20N4O. The summed E-state index contributed by atoms with van der Waals surface area (Å²) in [5.74, 6) is 1.02. The van der Waals surface area contributed by atoms with E-state index in [1.165, 1.54) is 0 Å². The first-order valence-electron chi connectivity index (χ1n) is 8.35. The van der Waals surface area contributed by atoms with Crippen molar-refractivity contribution in [3.63, 3.8) is 0 Å². The Labute approximate surface area is 140 Å². The predicted molar refractivity (Wildman–Crippen MR) is 95.3 cm³/mol. The zero-order chi connectivity index (χ0) is 16.4. The van der Waals surface area contributed by atoms with Crippen LogP contribution in [0.15, 0.2) is 54.6 Å². The topological polar surface area (TPSA) is 59.0 Å². The molecule has 1 amide bonds. The van der Waals surface area contributed by atoms with E-state index >= 15 is 0 Å². The van der Waals surface area contributed by atoms with Crippen LogP contribution in [0.5, 0.6) is 0 Å². The molecule has 3 aromatic rings. The summed E-state index contributed by atoms with van der Waals surface area (Å²) in [6.07, 6.45) is 1.59. The monoisotopic (exact) mass is 320 g/mol. The number of amides is 1. The van der Waals surface area contributed by atoms with Crippen molar-refractivity contribution in [1.82, 2.24) is 14.9 Å². The van der Waals surface area contributed by atoms with Gasteiger partial charge in [-0.1, -0.05) is 30.3 Å². The summed E-state index contributed by atoms with van der Waals surface area (Å²) < 4.78 is 2.00. The number of imidazole rings is 1. The Morgan fingerprint density at radius 2 is 1.96 bits per heavy atom. The van der Waals surface area contributed by atoms with Gasteiger partial charge in [0, 0.05) is 12.1 Å². The van der Waals surface area contributed by atoms with Crippen molar-refractivity contribution in [1.29, 1.82) is 0 Å². The van der Waals surface area contributed by atoms with Gasteiger partial charge in [-0.25, -0.2) is 4.98 Å². The van der Waals surface area contributed by atoms with E-state index in [0.29, 0.717) is 18.3 Å². The van der Waals surface area contributed by atoms with Gasteiger partial charge in [0.25, 0.3) is 0 Å². The first-order valence-corrected chi connectivity index (χ1v) is 8.35. The quantitative estimate of drug-likeness (QED) is 0.777. The molecule has 0 bridgehead atoms. The molecule has 2 heterocycles. The molecule has 1 aliphatic heterocycles. The molecule has 0 aliphatic carbocycles. The molecule has 2 aromatic carbocycles. The number of carbonyl (C=O) groups is 1. The highest BCUT2D eigenvalue weighted by molar-refractivity contribution is 5.92. The minimum absolute atomic E-state index is 0.0242. The molecule has 0 radical (unpaired) electrons. The van der Waals surface area contributed by atoms with E-state index in [1.807, 2.05) is 59.2 Å². The van der Waals surface area contributed by atoms with E-state index < -0.39 is 0 Å². The van der Waals surface area contributed by atoms with Crippen molar-refractivity contribution < 1.29 is 4.79 Å². The highest BCUT2D eigenvalue weighted by Crippen LogP contribution is 2.25. The summed E-state index contributed by atoms with van der Waals surface area (Å²) in [4.78, 5) is 17.1. The van der Waals surface area contributed by atoms with Crippen LogP contribution in [0.2, 0.25) is 0 Å². The average molecular weight is 320 g/mol. The average Bonchev–Trinajstić information content (AvgIpc) is 3.22. The van der Waals surface area contributed by atoms with E-state index in [1.54, 1.807) is 0 Å². The molecule has 122 valence electrons. The first-order chi connectivity index (χ1) is 11.8. The lowest BCUT2D eigenvalue weighted by molar-refractivity contribution is -0.117. The Bertz CT molecular complexity index is 850. The number of carbonyl (C=O) groups excluding carboxylic acids is 1. The standard InChI is InChI=1S/C19H20N4O/c24-18(12-14-10-11-20-13-14)22-19-21-16-8-4-5-9-17(16)23(19)15-6-2-1-3-7-15/h1-9,14,20H,10-13H2,(H,21,22,24). The molecule has 1 aromatic heterocycles. The molecule has 0 spiro atoms. The van der Waals surface area contributed by atoms with Gasteiger partial charge < -0.3 is 5.32 Å². The van der Waals surface area contributed by atoms with Crippen LogP contribution in [0.3, 0.4) is 0 Å². The number of hydrogen-bond acceptors (Lipinski definition) is 3. The molecule has 4 rings (SSSR count). The molecule has 1 atom stereocenters. The van der Waals surface area contributed by atoms with Gasteiger partial charge in [0.1, 0.15) is 0 Å². The van der Waals surface area contributed by atoms with E-state index in [-0.39, 0.29) is 5.91 Å². The Hall–Kier alpha value is -2.66. The largest absolute Gasteiger partial charge is 0.316 e. The first kappa shape index (κ1) is 14.9. The summed E-state index contributed by atoms with van der Waals surface area (Å²) >= 11 is 0. The van der Waals surface area contributed by atoms with Crippen molar-refractivity contribution in [2.24, 2.45) is 5.92 Å². The van der Waals surface area contributed by atoms with Crippen LogP contribution in [0, 0.1) is 5.92 Å². The van der Waals surface area contributed by atoms with E-state index in [2.05, 4.69) is 15.6 Å². The maximum absolute atomic E-state index is 12.4. The molecule has 0 saturated carbocycles. The van der Waals surface area contributed by atoms with Gasteiger partial charge in [0.2, 0.25) is 11.9 Å². The van der Waals surface area contributed by atoms with Gasteiger partial charge in [-0.15, -0.1) is 0 Å². The fraction of sp³-hybridized carbons (Fsp3) is 0.263. The second-order valence-corrected chi connectivity index (χ2v) is 6.21. The lowest BCUT2D eigenvalue weighted by Crippen LogP contribution is -2.20. The van der Waals surface area contributed by atoms with Crippen LogP contribution in [0.25, 0.3) is 16.7 Å². The molecule has 2 N–H and O–H groups in total. The van der Waals surface area contributed by atoms with Crippen molar-refractivity contribution >= 4 is 22.9 Å². The summed E-state index contributed by atoms with van der Waals surface area (Å²) in [6.45, 7) is 1.92. The normalized spacial score (nSPS) is 17.2. The molecular weight excluding hydrogens is 300 g/mol. The van der Waals surface area contributed by atoms with Gasteiger partial charge in [-0.3, -0.25) is 14.7 Å². The third-order valence-corrected chi connectivity index (χ3v) is 4.46. The van der Waals surface area contributed by atoms with E-state index in [9.17, 15) is 4.79 Å². The predicted octanol–water partition coefficient (Wildman–Crippen LogP) is 2.96. The lowest BCUT2D eigenvalue weighted by Gasteiger charge is -2.11. The maximum Gasteiger partial charge on any atom is 0.227 e. The van der Waals surface area contributed by atoms with Gasteiger partial charge in [-0.2, -0.15) is 0 Å². The number of para-hydroxylation sites is 3. The van der Waals surface area contributed by atoms with E-state index in [4.69, 9.17) is 0 Å². The minimum Gasteiger partial charge on any atom is -0.316 e. The van der Waals surface area contributed by atoms with Crippen LogP contribution in [0.4, 0.5) is 5.95 Å². The lowest BCUT2D eigenvalue weighted by atomic mass is 10.1. The highest BCUT2D eigenvalue weighted by Gasteiger charge is 2.20. The number of benzene rings is 2. The summed E-state index contributed by atoms with van der Waals surface area (Å²) in [6, 6.07) is 17.9. The van der Waals surface area contributed by atoms with Crippen molar-refractivity contribution in [3.05, 3.63) is 54.6 Å². The molecule has 5 heteroatoms. The third kappa shape index (κ3) is 2.90. The number of fused-ring (bicyclic) bond motifs is 1. The van der Waals surface area contributed by atoms with Crippen molar-refractivity contribution in [3.8, 4) is 5.69 Å². The van der Waals surface area contributed by atoms with Crippen LogP contribution >= 0.6 is 0 Å². The van der Waals surface area contributed by atoms with Gasteiger partial charge in [0.15, 0.2) is 0 Å². The van der Waals surface area contributed by atoms with Crippen molar-refractivity contribution in [2.45, 2.75) is 12.8 Å². The number of anilines is 1. The summed E-state index contributed by atoms with van der Waals surface area (Å²) in [7, 11) is 0. The Balaban J connectivity index is 1.68. The Morgan fingerprint density at radius 3 is 2.75 bits per heavy atom. The minimum atomic E-state index is 0.0242. The van der Waals surface area contributed by atoms with Crippen LogP contribution in [0.1, 0.15) is 12.8 Å². The van der Waals surface area contributed by atoms with Gasteiger partial charge in [0.05, 0.1) is 11.0 Å². The zero-order valence-corrected chi connectivity index (χ0v) is 13.4. The fourth-order valence-electron chi connectivity index (χ4n) is 3.27. The molecule has 1 saturated heterocycles. The zero-order valence-electron chi connectivity index (χ0n) is 13.4. The van der Waals surface area contributed by atoms with Gasteiger partial charge in [-0.05, 0) is 49.7 Å². The maximum atomic E-state index is 12.4. The number of rotatable bonds is 4.